The summed E-state index contributed by atoms with van der Waals surface area (Å²) in [6, 6.07) is 16.3. The lowest BCUT2D eigenvalue weighted by molar-refractivity contribution is 0.0695. The number of carboxylic acids is 1. The summed E-state index contributed by atoms with van der Waals surface area (Å²) in [5.41, 5.74) is 2.56. The van der Waals surface area contributed by atoms with E-state index < -0.39 is 5.97 Å². The van der Waals surface area contributed by atoms with E-state index in [0.29, 0.717) is 24.2 Å². The molecule has 1 N–H and O–H groups in total. The maximum atomic E-state index is 13.0. The number of amides is 1. The molecule has 0 radical (unpaired) electrons. The fourth-order valence-corrected chi connectivity index (χ4v) is 3.71. The summed E-state index contributed by atoms with van der Waals surface area (Å²) >= 11 is 0. The number of rotatable bonds is 3. The van der Waals surface area contributed by atoms with E-state index in [1.54, 1.807) is 18.3 Å². The number of hydrogen-bond acceptors (Lipinski definition) is 3. The minimum Gasteiger partial charge on any atom is -0.478 e. The molecule has 1 atom stereocenters. The van der Waals surface area contributed by atoms with Gasteiger partial charge in [0.05, 0.1) is 11.1 Å². The Kier molecular flexibility index (Phi) is 4.13. The van der Waals surface area contributed by atoms with E-state index in [2.05, 4.69) is 4.98 Å². The van der Waals surface area contributed by atoms with Crippen molar-refractivity contribution in [3.63, 3.8) is 0 Å². The second-order valence-electron chi connectivity index (χ2n) is 6.50. The molecule has 1 aliphatic heterocycles. The predicted octanol–water partition coefficient (Wildman–Crippen LogP) is 3.56. The summed E-state index contributed by atoms with van der Waals surface area (Å²) in [7, 11) is 0. The molecule has 1 fully saturated rings. The van der Waals surface area contributed by atoms with Gasteiger partial charge in [-0.15, -0.1) is 0 Å². The Hall–Kier alpha value is -3.21. The first kappa shape index (κ1) is 16.3. The van der Waals surface area contributed by atoms with Gasteiger partial charge in [-0.25, -0.2) is 4.79 Å². The summed E-state index contributed by atoms with van der Waals surface area (Å²) in [5.74, 6) is -0.913. The quantitative estimate of drug-likeness (QED) is 0.787. The molecule has 5 heteroatoms. The monoisotopic (exact) mass is 346 g/mol. The summed E-state index contributed by atoms with van der Waals surface area (Å²) in [5, 5.41) is 10.3. The van der Waals surface area contributed by atoms with Crippen LogP contribution in [0.25, 0.3) is 10.9 Å². The van der Waals surface area contributed by atoms with E-state index in [1.807, 2.05) is 47.4 Å². The van der Waals surface area contributed by atoms with Crippen molar-refractivity contribution in [3.05, 3.63) is 77.5 Å². The third kappa shape index (κ3) is 2.81. The smallest absolute Gasteiger partial charge is 0.335 e. The van der Waals surface area contributed by atoms with Crippen LogP contribution in [0.3, 0.4) is 0 Å². The topological polar surface area (TPSA) is 70.5 Å². The molecular weight excluding hydrogens is 328 g/mol. The molecule has 5 nitrogen and oxygen atoms in total. The molecule has 130 valence electrons. The lowest BCUT2D eigenvalue weighted by Crippen LogP contribution is -2.28. The number of benzene rings is 2. The molecule has 0 saturated carbocycles. The third-order valence-corrected chi connectivity index (χ3v) is 4.98. The van der Waals surface area contributed by atoms with Crippen LogP contribution in [0.1, 0.15) is 38.6 Å². The first-order chi connectivity index (χ1) is 12.6. The zero-order valence-electron chi connectivity index (χ0n) is 14.1. The summed E-state index contributed by atoms with van der Waals surface area (Å²) in [4.78, 5) is 30.6. The zero-order valence-corrected chi connectivity index (χ0v) is 14.1. The highest BCUT2D eigenvalue weighted by Gasteiger charge is 2.30. The van der Waals surface area contributed by atoms with Crippen molar-refractivity contribution in [3.8, 4) is 0 Å². The average molecular weight is 346 g/mol. The van der Waals surface area contributed by atoms with Crippen LogP contribution in [0, 0.1) is 0 Å². The molecule has 1 aliphatic rings. The first-order valence-corrected chi connectivity index (χ1v) is 8.60. The van der Waals surface area contributed by atoms with Gasteiger partial charge in [-0.2, -0.15) is 0 Å². The molecule has 4 rings (SSSR count). The van der Waals surface area contributed by atoms with Crippen LogP contribution in [0.2, 0.25) is 0 Å². The molecule has 0 unspecified atom stereocenters. The van der Waals surface area contributed by atoms with Crippen LogP contribution in [-0.2, 0) is 0 Å². The highest BCUT2D eigenvalue weighted by molar-refractivity contribution is 6.06. The number of likely N-dealkylation sites (tertiary alicyclic amines) is 1. The standard InChI is InChI=1S/C21H18N2O3/c24-20(17-7-3-9-19-16(17)8-4-11-22-19)23-12-10-14(13-23)15-5-1-2-6-18(15)21(25)26/h1-9,11,14H,10,12-13H2,(H,25,26)/t14-/m0/s1. The number of nitrogens with zero attached hydrogens (tertiary/aromatic N) is 2. The van der Waals surface area contributed by atoms with E-state index in [9.17, 15) is 14.7 Å². The summed E-state index contributed by atoms with van der Waals surface area (Å²) in [6.07, 6.45) is 2.48. The summed E-state index contributed by atoms with van der Waals surface area (Å²) in [6.45, 7) is 1.15. The van der Waals surface area contributed by atoms with Crippen LogP contribution in [0.4, 0.5) is 0 Å². The number of carbonyl (C=O) groups is 2. The second-order valence-corrected chi connectivity index (χ2v) is 6.50. The van der Waals surface area contributed by atoms with Crippen molar-refractivity contribution < 1.29 is 14.7 Å². The Balaban J connectivity index is 1.61. The highest BCUT2D eigenvalue weighted by atomic mass is 16.4. The van der Waals surface area contributed by atoms with E-state index in [-0.39, 0.29) is 11.8 Å². The van der Waals surface area contributed by atoms with Crippen molar-refractivity contribution in [1.29, 1.82) is 0 Å². The van der Waals surface area contributed by atoms with Gasteiger partial charge >= 0.3 is 5.97 Å². The number of carbonyl (C=O) groups excluding carboxylic acids is 1. The maximum Gasteiger partial charge on any atom is 0.335 e. The Labute approximate surface area is 150 Å². The molecule has 0 aliphatic carbocycles. The van der Waals surface area contributed by atoms with Crippen molar-refractivity contribution >= 4 is 22.8 Å². The van der Waals surface area contributed by atoms with Crippen molar-refractivity contribution in [2.75, 3.05) is 13.1 Å². The van der Waals surface area contributed by atoms with Gasteiger partial charge in [0.25, 0.3) is 5.91 Å². The Bertz CT molecular complexity index is 994. The first-order valence-electron chi connectivity index (χ1n) is 8.60. The van der Waals surface area contributed by atoms with E-state index in [0.717, 1.165) is 22.9 Å². The molecule has 2 aromatic carbocycles. The van der Waals surface area contributed by atoms with Gasteiger partial charge in [-0.3, -0.25) is 9.78 Å². The van der Waals surface area contributed by atoms with Gasteiger partial charge < -0.3 is 10.0 Å². The number of fused-ring (bicyclic) bond motifs is 1. The number of aromatic nitrogens is 1. The Morgan fingerprint density at radius 3 is 2.65 bits per heavy atom. The van der Waals surface area contributed by atoms with E-state index in [4.69, 9.17) is 0 Å². The van der Waals surface area contributed by atoms with Crippen LogP contribution in [0.15, 0.2) is 60.8 Å². The molecule has 3 aromatic rings. The lowest BCUT2D eigenvalue weighted by atomic mass is 9.93. The number of carboxylic acid groups (broad SMARTS) is 1. The minimum absolute atomic E-state index is 0.0288. The number of aromatic carboxylic acids is 1. The van der Waals surface area contributed by atoms with Gasteiger partial charge in [0.2, 0.25) is 0 Å². The Morgan fingerprint density at radius 2 is 1.81 bits per heavy atom. The lowest BCUT2D eigenvalue weighted by Gasteiger charge is -2.18. The van der Waals surface area contributed by atoms with Gasteiger partial charge in [0, 0.05) is 36.2 Å². The van der Waals surface area contributed by atoms with Crippen molar-refractivity contribution in [1.82, 2.24) is 9.88 Å². The van der Waals surface area contributed by atoms with Crippen LogP contribution in [0.5, 0.6) is 0 Å². The van der Waals surface area contributed by atoms with E-state index >= 15 is 0 Å². The predicted molar refractivity (Wildman–Crippen MR) is 98.4 cm³/mol. The van der Waals surface area contributed by atoms with E-state index in [1.165, 1.54) is 0 Å². The van der Waals surface area contributed by atoms with Gasteiger partial charge in [0.1, 0.15) is 0 Å². The van der Waals surface area contributed by atoms with Gasteiger partial charge in [0.15, 0.2) is 0 Å². The molecular formula is C21H18N2O3. The van der Waals surface area contributed by atoms with Gasteiger partial charge in [-0.05, 0) is 36.2 Å². The molecule has 0 spiro atoms. The maximum absolute atomic E-state index is 13.0. The number of pyridine rings is 1. The van der Waals surface area contributed by atoms with Crippen LogP contribution < -0.4 is 0 Å². The Morgan fingerprint density at radius 1 is 1.00 bits per heavy atom. The molecule has 2 heterocycles. The molecule has 0 bridgehead atoms. The van der Waals surface area contributed by atoms with Crippen molar-refractivity contribution in [2.24, 2.45) is 0 Å². The summed E-state index contributed by atoms with van der Waals surface area (Å²) < 4.78 is 0. The third-order valence-electron chi connectivity index (χ3n) is 4.98. The molecule has 1 amide bonds. The van der Waals surface area contributed by atoms with Gasteiger partial charge in [-0.1, -0.05) is 30.3 Å². The normalized spacial score (nSPS) is 16.8. The number of hydrogen-bond donors (Lipinski definition) is 1. The molecule has 1 saturated heterocycles. The zero-order chi connectivity index (χ0) is 18.1. The second kappa shape index (κ2) is 6.59. The SMILES string of the molecule is O=C(O)c1ccccc1[C@H]1CCN(C(=O)c2cccc3ncccc23)C1. The largest absolute Gasteiger partial charge is 0.478 e. The minimum atomic E-state index is -0.925. The highest BCUT2D eigenvalue weighted by Crippen LogP contribution is 2.31. The van der Waals surface area contributed by atoms with Crippen LogP contribution >= 0.6 is 0 Å². The fraction of sp³-hybridized carbons (Fsp3) is 0.190. The van der Waals surface area contributed by atoms with Crippen LogP contribution in [-0.4, -0.2) is 40.0 Å². The average Bonchev–Trinajstić information content (AvgIpc) is 3.17. The fourth-order valence-electron chi connectivity index (χ4n) is 3.71. The van der Waals surface area contributed by atoms with Crippen molar-refractivity contribution in [2.45, 2.75) is 12.3 Å². The molecule has 26 heavy (non-hydrogen) atoms. The molecule has 1 aromatic heterocycles.